The number of hydrogen-bond acceptors (Lipinski definition) is 6. The molecule has 2 amide bonds. The number of carbonyl (C=O) groups is 2. The molecule has 18 heavy (non-hydrogen) atoms. The van der Waals surface area contributed by atoms with Crippen LogP contribution in [0, 0.1) is 0 Å². The second-order valence-corrected chi connectivity index (χ2v) is 3.95. The van der Waals surface area contributed by atoms with Crippen LogP contribution in [-0.4, -0.2) is 47.9 Å². The SMILES string of the molecule is COCC(C)(O)CNC(=O)C(=O)Nc1ccon1. The monoisotopic (exact) mass is 257 g/mol. The molecule has 0 saturated carbocycles. The van der Waals surface area contributed by atoms with E-state index in [9.17, 15) is 14.7 Å². The molecular weight excluding hydrogens is 242 g/mol. The van der Waals surface area contributed by atoms with Crippen molar-refractivity contribution in [2.45, 2.75) is 12.5 Å². The Morgan fingerprint density at radius 1 is 1.56 bits per heavy atom. The number of hydrogen-bond donors (Lipinski definition) is 3. The van der Waals surface area contributed by atoms with Crippen LogP contribution in [0.1, 0.15) is 6.92 Å². The van der Waals surface area contributed by atoms with Crippen LogP contribution in [0.5, 0.6) is 0 Å². The number of methoxy groups -OCH3 is 1. The van der Waals surface area contributed by atoms with Crippen molar-refractivity contribution < 1.29 is 24.0 Å². The number of amides is 2. The molecule has 0 fully saturated rings. The number of carbonyl (C=O) groups excluding carboxylic acids is 2. The van der Waals surface area contributed by atoms with E-state index in [1.165, 1.54) is 26.4 Å². The average molecular weight is 257 g/mol. The van der Waals surface area contributed by atoms with Crippen molar-refractivity contribution in [1.29, 1.82) is 0 Å². The summed E-state index contributed by atoms with van der Waals surface area (Å²) in [5, 5.41) is 17.6. The van der Waals surface area contributed by atoms with Gasteiger partial charge in [0.1, 0.15) is 11.9 Å². The second kappa shape index (κ2) is 6.12. The molecule has 1 unspecified atom stereocenters. The lowest BCUT2D eigenvalue weighted by molar-refractivity contribution is -0.137. The second-order valence-electron chi connectivity index (χ2n) is 3.95. The largest absolute Gasteiger partial charge is 0.386 e. The molecule has 1 aromatic rings. The van der Waals surface area contributed by atoms with E-state index in [0.29, 0.717) is 0 Å². The predicted octanol–water partition coefficient (Wildman–Crippen LogP) is -0.873. The van der Waals surface area contributed by atoms with Crippen LogP contribution in [0.25, 0.3) is 0 Å². The number of nitrogens with zero attached hydrogens (tertiary/aromatic N) is 1. The van der Waals surface area contributed by atoms with E-state index in [1.54, 1.807) is 0 Å². The molecule has 100 valence electrons. The lowest BCUT2D eigenvalue weighted by atomic mass is 10.1. The van der Waals surface area contributed by atoms with Gasteiger partial charge in [0.05, 0.1) is 6.61 Å². The summed E-state index contributed by atoms with van der Waals surface area (Å²) in [5.74, 6) is -1.63. The Morgan fingerprint density at radius 2 is 2.28 bits per heavy atom. The van der Waals surface area contributed by atoms with Gasteiger partial charge >= 0.3 is 11.8 Å². The van der Waals surface area contributed by atoms with E-state index in [1.807, 2.05) is 0 Å². The zero-order valence-corrected chi connectivity index (χ0v) is 10.1. The Hall–Kier alpha value is -1.93. The van der Waals surface area contributed by atoms with Crippen LogP contribution in [0.2, 0.25) is 0 Å². The molecule has 8 heteroatoms. The minimum absolute atomic E-state index is 0.0399. The van der Waals surface area contributed by atoms with Crippen molar-refractivity contribution >= 4 is 17.6 Å². The molecule has 0 spiro atoms. The normalized spacial score (nSPS) is 13.7. The Kier molecular flexibility index (Phi) is 4.81. The van der Waals surface area contributed by atoms with Crippen molar-refractivity contribution in [2.24, 2.45) is 0 Å². The van der Waals surface area contributed by atoms with Crippen molar-refractivity contribution in [3.63, 3.8) is 0 Å². The summed E-state index contributed by atoms with van der Waals surface area (Å²) in [6.07, 6.45) is 1.26. The molecular formula is C10H15N3O5. The summed E-state index contributed by atoms with van der Waals surface area (Å²) in [6, 6.07) is 1.40. The number of aromatic nitrogens is 1. The third kappa shape index (κ3) is 4.52. The van der Waals surface area contributed by atoms with Gasteiger partial charge in [0.25, 0.3) is 0 Å². The fraction of sp³-hybridized carbons (Fsp3) is 0.500. The fourth-order valence-corrected chi connectivity index (χ4v) is 1.16. The van der Waals surface area contributed by atoms with Crippen molar-refractivity contribution in [2.75, 3.05) is 25.6 Å². The first-order valence-electron chi connectivity index (χ1n) is 5.15. The molecule has 0 aliphatic rings. The van der Waals surface area contributed by atoms with Gasteiger partial charge in [-0.05, 0) is 6.92 Å². The van der Waals surface area contributed by atoms with Crippen LogP contribution in [-0.2, 0) is 14.3 Å². The highest BCUT2D eigenvalue weighted by molar-refractivity contribution is 6.39. The molecule has 8 nitrogen and oxygen atoms in total. The molecule has 0 aromatic carbocycles. The van der Waals surface area contributed by atoms with E-state index in [-0.39, 0.29) is 19.0 Å². The highest BCUT2D eigenvalue weighted by atomic mass is 16.5. The quantitative estimate of drug-likeness (QED) is 0.591. The Morgan fingerprint density at radius 3 is 2.83 bits per heavy atom. The maximum Gasteiger partial charge on any atom is 0.314 e. The van der Waals surface area contributed by atoms with E-state index < -0.39 is 17.4 Å². The molecule has 1 atom stereocenters. The zero-order chi connectivity index (χ0) is 13.6. The highest BCUT2D eigenvalue weighted by Gasteiger charge is 2.23. The summed E-state index contributed by atoms with van der Waals surface area (Å²) in [7, 11) is 1.42. The minimum Gasteiger partial charge on any atom is -0.386 e. The first kappa shape index (κ1) is 14.1. The summed E-state index contributed by atoms with van der Waals surface area (Å²) >= 11 is 0. The molecule has 0 aliphatic heterocycles. The van der Waals surface area contributed by atoms with Crippen LogP contribution in [0.15, 0.2) is 16.9 Å². The van der Waals surface area contributed by atoms with Gasteiger partial charge in [0.15, 0.2) is 5.82 Å². The number of rotatable bonds is 5. The van der Waals surface area contributed by atoms with Gasteiger partial charge in [0.2, 0.25) is 0 Å². The molecule has 1 aromatic heterocycles. The summed E-state index contributed by atoms with van der Waals surface area (Å²) in [4.78, 5) is 22.8. The average Bonchev–Trinajstić information content (AvgIpc) is 2.78. The molecule has 1 heterocycles. The van der Waals surface area contributed by atoms with Gasteiger partial charge in [-0.3, -0.25) is 14.9 Å². The lowest BCUT2D eigenvalue weighted by Gasteiger charge is -2.22. The molecule has 0 bridgehead atoms. The van der Waals surface area contributed by atoms with Gasteiger partial charge in [-0.25, -0.2) is 0 Å². The number of aliphatic hydroxyl groups is 1. The molecule has 1 rings (SSSR count). The Bertz CT molecular complexity index is 402. The van der Waals surface area contributed by atoms with Gasteiger partial charge in [-0.2, -0.15) is 0 Å². The van der Waals surface area contributed by atoms with E-state index in [4.69, 9.17) is 4.74 Å². The predicted molar refractivity (Wildman–Crippen MR) is 60.6 cm³/mol. The van der Waals surface area contributed by atoms with Crippen molar-refractivity contribution in [1.82, 2.24) is 10.5 Å². The van der Waals surface area contributed by atoms with Crippen LogP contribution >= 0.6 is 0 Å². The van der Waals surface area contributed by atoms with Gasteiger partial charge in [0, 0.05) is 19.7 Å². The van der Waals surface area contributed by atoms with Gasteiger partial charge in [-0.1, -0.05) is 5.16 Å². The van der Waals surface area contributed by atoms with Crippen molar-refractivity contribution in [3.05, 3.63) is 12.3 Å². The zero-order valence-electron chi connectivity index (χ0n) is 10.1. The minimum atomic E-state index is -1.24. The van der Waals surface area contributed by atoms with Crippen LogP contribution in [0.4, 0.5) is 5.82 Å². The third-order valence-corrected chi connectivity index (χ3v) is 1.97. The molecule has 0 radical (unpaired) electrons. The number of nitrogens with one attached hydrogen (secondary N) is 2. The summed E-state index contributed by atoms with van der Waals surface area (Å²) in [5.41, 5.74) is -1.24. The van der Waals surface area contributed by atoms with Gasteiger partial charge < -0.3 is 19.7 Å². The third-order valence-electron chi connectivity index (χ3n) is 1.97. The topological polar surface area (TPSA) is 114 Å². The maximum absolute atomic E-state index is 11.4. The smallest absolute Gasteiger partial charge is 0.314 e. The van der Waals surface area contributed by atoms with Crippen molar-refractivity contribution in [3.8, 4) is 0 Å². The molecule has 0 aliphatic carbocycles. The van der Waals surface area contributed by atoms with E-state index in [2.05, 4.69) is 20.3 Å². The summed E-state index contributed by atoms with van der Waals surface area (Å²) in [6.45, 7) is 1.41. The van der Waals surface area contributed by atoms with E-state index in [0.717, 1.165) is 0 Å². The summed E-state index contributed by atoms with van der Waals surface area (Å²) < 4.78 is 9.25. The van der Waals surface area contributed by atoms with E-state index >= 15 is 0 Å². The Balaban J connectivity index is 2.39. The molecule has 3 N–H and O–H groups in total. The standard InChI is InChI=1S/C10H15N3O5/c1-10(16,6-17-2)5-11-8(14)9(15)12-7-3-4-18-13-7/h3-4,16H,5-6H2,1-2H3,(H,11,14)(H,12,13,15). The first-order chi connectivity index (χ1) is 8.44. The fourth-order valence-electron chi connectivity index (χ4n) is 1.16. The van der Waals surface area contributed by atoms with Crippen LogP contribution < -0.4 is 10.6 Å². The maximum atomic E-state index is 11.4. The molecule has 0 saturated heterocycles. The Labute approximate surface area is 103 Å². The van der Waals surface area contributed by atoms with Crippen LogP contribution in [0.3, 0.4) is 0 Å². The first-order valence-corrected chi connectivity index (χ1v) is 5.15. The van der Waals surface area contributed by atoms with Gasteiger partial charge in [-0.15, -0.1) is 0 Å². The number of ether oxygens (including phenoxy) is 1. The number of anilines is 1. The highest BCUT2D eigenvalue weighted by Crippen LogP contribution is 2.02. The lowest BCUT2D eigenvalue weighted by Crippen LogP contribution is -2.46.